The van der Waals surface area contributed by atoms with Gasteiger partial charge in [0.2, 0.25) is 0 Å². The van der Waals surface area contributed by atoms with E-state index < -0.39 is 0 Å². The van der Waals surface area contributed by atoms with Crippen LogP contribution >= 0.6 is 0 Å². The Labute approximate surface area is 68.9 Å². The average Bonchev–Trinajstić information content (AvgIpc) is 1.95. The van der Waals surface area contributed by atoms with E-state index in [1.165, 1.54) is 0 Å². The lowest BCUT2D eigenvalue weighted by Gasteiger charge is -2.40. The minimum atomic E-state index is 0.0647. The molecule has 0 aromatic carbocycles. The molecule has 1 aliphatic heterocycles. The van der Waals surface area contributed by atoms with Crippen LogP contribution in [0.1, 0.15) is 26.2 Å². The molecule has 0 spiro atoms. The standard InChI is InChI=1S/C9H17O2/c1-3-5-6-11-9(4-2)7-10-8-9/h1,3-8H2,2H3. The second-order valence-electron chi connectivity index (χ2n) is 3.08. The predicted octanol–water partition coefficient (Wildman–Crippen LogP) is 1.80. The summed E-state index contributed by atoms with van der Waals surface area (Å²) < 4.78 is 10.8. The van der Waals surface area contributed by atoms with Crippen LogP contribution in [0.5, 0.6) is 0 Å². The van der Waals surface area contributed by atoms with Crippen LogP contribution in [0, 0.1) is 6.92 Å². The molecule has 1 radical (unpaired) electrons. The molecular weight excluding hydrogens is 140 g/mol. The monoisotopic (exact) mass is 157 g/mol. The summed E-state index contributed by atoms with van der Waals surface area (Å²) in [7, 11) is 0. The minimum Gasteiger partial charge on any atom is -0.375 e. The van der Waals surface area contributed by atoms with E-state index in [1.54, 1.807) is 0 Å². The molecule has 1 fully saturated rings. The molecule has 11 heavy (non-hydrogen) atoms. The summed E-state index contributed by atoms with van der Waals surface area (Å²) in [6.07, 6.45) is 3.08. The van der Waals surface area contributed by atoms with Crippen LogP contribution < -0.4 is 0 Å². The summed E-state index contributed by atoms with van der Waals surface area (Å²) in [5.74, 6) is 0. The van der Waals surface area contributed by atoms with Crippen molar-refractivity contribution in [3.63, 3.8) is 0 Å². The molecule has 1 rings (SSSR count). The van der Waals surface area contributed by atoms with Gasteiger partial charge in [-0.3, -0.25) is 0 Å². The van der Waals surface area contributed by atoms with Gasteiger partial charge in [0.25, 0.3) is 0 Å². The van der Waals surface area contributed by atoms with E-state index in [0.717, 1.165) is 39.1 Å². The second kappa shape index (κ2) is 4.07. The summed E-state index contributed by atoms with van der Waals surface area (Å²) in [6.45, 7) is 8.30. The topological polar surface area (TPSA) is 18.5 Å². The molecule has 0 bridgehead atoms. The third-order valence-corrected chi connectivity index (χ3v) is 2.18. The van der Waals surface area contributed by atoms with Gasteiger partial charge in [-0.15, -0.1) is 0 Å². The third-order valence-electron chi connectivity index (χ3n) is 2.18. The first-order valence-corrected chi connectivity index (χ1v) is 4.34. The van der Waals surface area contributed by atoms with Crippen LogP contribution in [-0.2, 0) is 9.47 Å². The summed E-state index contributed by atoms with van der Waals surface area (Å²) in [5, 5.41) is 0. The summed E-state index contributed by atoms with van der Waals surface area (Å²) in [6, 6.07) is 0. The molecule has 2 heteroatoms. The van der Waals surface area contributed by atoms with Gasteiger partial charge in [-0.25, -0.2) is 0 Å². The minimum absolute atomic E-state index is 0.0647. The number of rotatable bonds is 5. The van der Waals surface area contributed by atoms with Crippen LogP contribution in [0.15, 0.2) is 0 Å². The zero-order valence-electron chi connectivity index (χ0n) is 7.27. The molecule has 0 atom stereocenters. The highest BCUT2D eigenvalue weighted by atomic mass is 16.6. The molecule has 0 N–H and O–H groups in total. The maximum Gasteiger partial charge on any atom is 0.114 e. The van der Waals surface area contributed by atoms with Crippen LogP contribution in [0.25, 0.3) is 0 Å². The maximum absolute atomic E-state index is 5.69. The number of unbranched alkanes of at least 4 members (excludes halogenated alkanes) is 1. The molecule has 1 saturated heterocycles. The Kier molecular flexibility index (Phi) is 3.34. The fraction of sp³-hybridized carbons (Fsp3) is 0.889. The van der Waals surface area contributed by atoms with E-state index in [4.69, 9.17) is 9.47 Å². The van der Waals surface area contributed by atoms with Gasteiger partial charge in [0, 0.05) is 6.61 Å². The van der Waals surface area contributed by atoms with Crippen molar-refractivity contribution in [2.75, 3.05) is 19.8 Å². The number of hydrogen-bond acceptors (Lipinski definition) is 2. The van der Waals surface area contributed by atoms with Gasteiger partial charge in [0.1, 0.15) is 5.60 Å². The molecule has 1 heterocycles. The van der Waals surface area contributed by atoms with E-state index in [0.29, 0.717) is 0 Å². The molecular formula is C9H17O2. The molecule has 0 aromatic rings. The normalized spacial score (nSPS) is 21.3. The Bertz CT molecular complexity index is 103. The molecule has 0 unspecified atom stereocenters. The SMILES string of the molecule is [CH2]CCCOC1(CC)COC1. The molecule has 2 nitrogen and oxygen atoms in total. The van der Waals surface area contributed by atoms with Crippen LogP contribution in [0.3, 0.4) is 0 Å². The summed E-state index contributed by atoms with van der Waals surface area (Å²) in [5.41, 5.74) is 0.0647. The lowest BCUT2D eigenvalue weighted by atomic mass is 9.99. The number of ether oxygens (including phenoxy) is 2. The van der Waals surface area contributed by atoms with Gasteiger partial charge in [-0.1, -0.05) is 20.3 Å². The average molecular weight is 157 g/mol. The Morgan fingerprint density at radius 1 is 1.55 bits per heavy atom. The Morgan fingerprint density at radius 2 is 2.27 bits per heavy atom. The van der Waals surface area contributed by atoms with Gasteiger partial charge < -0.3 is 9.47 Å². The van der Waals surface area contributed by atoms with Gasteiger partial charge in [-0.05, 0) is 12.8 Å². The Hall–Kier alpha value is -0.0800. The fourth-order valence-electron chi connectivity index (χ4n) is 1.11. The van der Waals surface area contributed by atoms with Gasteiger partial charge in [-0.2, -0.15) is 0 Å². The first kappa shape index (κ1) is 9.01. The highest BCUT2D eigenvalue weighted by Gasteiger charge is 2.37. The van der Waals surface area contributed by atoms with Crippen molar-refractivity contribution in [1.82, 2.24) is 0 Å². The van der Waals surface area contributed by atoms with Crippen molar-refractivity contribution in [2.45, 2.75) is 31.8 Å². The lowest BCUT2D eigenvalue weighted by molar-refractivity contribution is -0.210. The third kappa shape index (κ3) is 2.17. The first-order valence-electron chi connectivity index (χ1n) is 4.34. The van der Waals surface area contributed by atoms with Gasteiger partial charge >= 0.3 is 0 Å². The summed E-state index contributed by atoms with van der Waals surface area (Å²) >= 11 is 0. The quantitative estimate of drug-likeness (QED) is 0.566. The molecule has 0 aliphatic carbocycles. The highest BCUT2D eigenvalue weighted by molar-refractivity contribution is 4.85. The zero-order valence-corrected chi connectivity index (χ0v) is 7.27. The van der Waals surface area contributed by atoms with Gasteiger partial charge in [0.15, 0.2) is 0 Å². The van der Waals surface area contributed by atoms with E-state index in [9.17, 15) is 0 Å². The smallest absolute Gasteiger partial charge is 0.114 e. The molecule has 65 valence electrons. The van der Waals surface area contributed by atoms with Crippen molar-refractivity contribution < 1.29 is 9.47 Å². The maximum atomic E-state index is 5.69. The molecule has 0 amide bonds. The van der Waals surface area contributed by atoms with Crippen LogP contribution in [-0.4, -0.2) is 25.4 Å². The predicted molar refractivity (Wildman–Crippen MR) is 44.4 cm³/mol. The zero-order chi connectivity index (χ0) is 8.16. The fourth-order valence-corrected chi connectivity index (χ4v) is 1.11. The molecule has 1 aliphatic rings. The Morgan fingerprint density at radius 3 is 2.64 bits per heavy atom. The van der Waals surface area contributed by atoms with Crippen molar-refractivity contribution in [1.29, 1.82) is 0 Å². The van der Waals surface area contributed by atoms with Crippen molar-refractivity contribution in [3.05, 3.63) is 6.92 Å². The largest absolute Gasteiger partial charge is 0.375 e. The van der Waals surface area contributed by atoms with Crippen LogP contribution in [0.4, 0.5) is 0 Å². The van der Waals surface area contributed by atoms with E-state index in [1.807, 2.05) is 0 Å². The molecule has 0 saturated carbocycles. The van der Waals surface area contributed by atoms with Crippen molar-refractivity contribution >= 4 is 0 Å². The second-order valence-corrected chi connectivity index (χ2v) is 3.08. The van der Waals surface area contributed by atoms with E-state index >= 15 is 0 Å². The molecule has 0 aromatic heterocycles. The van der Waals surface area contributed by atoms with Crippen molar-refractivity contribution in [3.8, 4) is 0 Å². The van der Waals surface area contributed by atoms with Gasteiger partial charge in [0.05, 0.1) is 13.2 Å². The highest BCUT2D eigenvalue weighted by Crippen LogP contribution is 2.25. The number of hydrogen-bond donors (Lipinski definition) is 0. The lowest BCUT2D eigenvalue weighted by Crippen LogP contribution is -2.51. The summed E-state index contributed by atoms with van der Waals surface area (Å²) in [4.78, 5) is 0. The van der Waals surface area contributed by atoms with E-state index in [-0.39, 0.29) is 5.60 Å². The Balaban J connectivity index is 2.11. The van der Waals surface area contributed by atoms with Crippen molar-refractivity contribution in [2.24, 2.45) is 0 Å². The van der Waals surface area contributed by atoms with Crippen LogP contribution in [0.2, 0.25) is 0 Å². The first-order chi connectivity index (χ1) is 5.33. The van der Waals surface area contributed by atoms with E-state index in [2.05, 4.69) is 13.8 Å².